The smallest absolute Gasteiger partial charge is 0.200 e. The van der Waals surface area contributed by atoms with Gasteiger partial charge in [-0.15, -0.1) is 10.2 Å². The molecular weight excluding hydrogens is 342 g/mol. The predicted molar refractivity (Wildman–Crippen MR) is 93.3 cm³/mol. The molecule has 3 rings (SSSR count). The highest BCUT2D eigenvalue weighted by molar-refractivity contribution is 7.99. The van der Waals surface area contributed by atoms with Crippen LogP contribution in [0.3, 0.4) is 0 Å². The number of Topliss-reactive ketones (excluding diaryl/α,β-unsaturated/α-hetero) is 1. The number of benzene rings is 1. The number of thioether (sulfide) groups is 1. The summed E-state index contributed by atoms with van der Waals surface area (Å²) >= 11 is 1.31. The molecule has 0 bridgehead atoms. The molecule has 8 heteroatoms. The maximum absolute atomic E-state index is 12.5. The quantitative estimate of drug-likeness (QED) is 0.474. The van der Waals surface area contributed by atoms with Crippen LogP contribution in [-0.2, 0) is 7.05 Å². The molecule has 0 saturated carbocycles. The van der Waals surface area contributed by atoms with E-state index in [1.807, 2.05) is 13.1 Å². The van der Waals surface area contributed by atoms with Crippen LogP contribution < -0.4 is 9.47 Å². The van der Waals surface area contributed by atoms with Crippen LogP contribution in [0.4, 0.5) is 0 Å². The molecule has 25 heavy (non-hydrogen) atoms. The molecule has 2 heterocycles. The SMILES string of the molecule is COc1ccc(C(=O)CSc2nnc(-c3ccco3)n2C)c(OC)c1. The molecule has 3 aromatic rings. The molecule has 0 amide bonds. The Balaban J connectivity index is 1.73. The minimum atomic E-state index is -0.0629. The van der Waals surface area contributed by atoms with Crippen molar-refractivity contribution in [1.82, 2.24) is 14.8 Å². The van der Waals surface area contributed by atoms with Gasteiger partial charge in [0.2, 0.25) is 0 Å². The van der Waals surface area contributed by atoms with E-state index in [0.717, 1.165) is 0 Å². The highest BCUT2D eigenvalue weighted by Gasteiger charge is 2.17. The van der Waals surface area contributed by atoms with E-state index in [0.29, 0.717) is 33.8 Å². The number of ether oxygens (including phenoxy) is 2. The molecule has 130 valence electrons. The predicted octanol–water partition coefficient (Wildman–Crippen LogP) is 3.07. The Kier molecular flexibility index (Phi) is 5.08. The third-order valence-electron chi connectivity index (χ3n) is 3.62. The van der Waals surface area contributed by atoms with Crippen molar-refractivity contribution in [2.24, 2.45) is 7.05 Å². The summed E-state index contributed by atoms with van der Waals surface area (Å²) < 4.78 is 17.6. The molecule has 0 saturated heterocycles. The minimum absolute atomic E-state index is 0.0629. The molecule has 0 fully saturated rings. The van der Waals surface area contributed by atoms with Gasteiger partial charge in [-0.05, 0) is 24.3 Å². The van der Waals surface area contributed by atoms with Crippen LogP contribution >= 0.6 is 11.8 Å². The maximum Gasteiger partial charge on any atom is 0.200 e. The fourth-order valence-electron chi connectivity index (χ4n) is 2.30. The van der Waals surface area contributed by atoms with E-state index in [2.05, 4.69) is 10.2 Å². The number of carbonyl (C=O) groups excluding carboxylic acids is 1. The van der Waals surface area contributed by atoms with Crippen molar-refractivity contribution in [3.8, 4) is 23.1 Å². The third kappa shape index (κ3) is 3.53. The Labute approximate surface area is 149 Å². The summed E-state index contributed by atoms with van der Waals surface area (Å²) in [5, 5.41) is 8.86. The molecule has 0 unspecified atom stereocenters. The first-order valence-corrected chi connectivity index (χ1v) is 8.44. The lowest BCUT2D eigenvalue weighted by molar-refractivity contribution is 0.101. The molecule has 0 aliphatic rings. The Hall–Kier alpha value is -2.74. The van der Waals surface area contributed by atoms with Crippen LogP contribution in [0, 0.1) is 0 Å². The topological polar surface area (TPSA) is 79.4 Å². The number of methoxy groups -OCH3 is 2. The molecule has 0 spiro atoms. The van der Waals surface area contributed by atoms with Gasteiger partial charge in [-0.2, -0.15) is 0 Å². The molecule has 1 aromatic carbocycles. The van der Waals surface area contributed by atoms with Crippen LogP contribution in [0.2, 0.25) is 0 Å². The standard InChI is InChI=1S/C17H17N3O4S/c1-20-16(14-5-4-8-24-14)18-19-17(20)25-10-13(21)12-7-6-11(22-2)9-15(12)23-3/h4-9H,10H2,1-3H3. The van der Waals surface area contributed by atoms with Gasteiger partial charge in [0, 0.05) is 13.1 Å². The van der Waals surface area contributed by atoms with Gasteiger partial charge in [-0.1, -0.05) is 11.8 Å². The molecule has 0 aliphatic carbocycles. The van der Waals surface area contributed by atoms with Crippen molar-refractivity contribution in [2.45, 2.75) is 5.16 Å². The van der Waals surface area contributed by atoms with Gasteiger partial charge in [-0.25, -0.2) is 0 Å². The number of furan rings is 1. The summed E-state index contributed by atoms with van der Waals surface area (Å²) in [6.45, 7) is 0. The van der Waals surface area contributed by atoms with Gasteiger partial charge >= 0.3 is 0 Å². The number of ketones is 1. The van der Waals surface area contributed by atoms with Gasteiger partial charge < -0.3 is 18.5 Å². The first kappa shape index (κ1) is 17.1. The van der Waals surface area contributed by atoms with Crippen molar-refractivity contribution >= 4 is 17.5 Å². The second kappa shape index (κ2) is 7.43. The van der Waals surface area contributed by atoms with E-state index >= 15 is 0 Å². The summed E-state index contributed by atoms with van der Waals surface area (Å²) in [7, 11) is 4.92. The van der Waals surface area contributed by atoms with Crippen LogP contribution in [0.25, 0.3) is 11.6 Å². The first-order valence-electron chi connectivity index (χ1n) is 7.45. The van der Waals surface area contributed by atoms with Gasteiger partial charge in [0.1, 0.15) is 11.5 Å². The second-order valence-corrected chi connectivity index (χ2v) is 6.06. The summed E-state index contributed by atoms with van der Waals surface area (Å²) in [5.74, 6) is 2.52. The maximum atomic E-state index is 12.5. The second-order valence-electron chi connectivity index (χ2n) is 5.12. The number of carbonyl (C=O) groups is 1. The molecule has 0 N–H and O–H groups in total. The Morgan fingerprint density at radius 1 is 1.24 bits per heavy atom. The van der Waals surface area contributed by atoms with E-state index in [9.17, 15) is 4.79 Å². The summed E-state index contributed by atoms with van der Waals surface area (Å²) in [4.78, 5) is 12.5. The van der Waals surface area contributed by atoms with Gasteiger partial charge in [0.25, 0.3) is 0 Å². The zero-order chi connectivity index (χ0) is 17.8. The molecular formula is C17H17N3O4S. The largest absolute Gasteiger partial charge is 0.497 e. The highest BCUT2D eigenvalue weighted by Crippen LogP contribution is 2.28. The third-order valence-corrected chi connectivity index (χ3v) is 4.64. The van der Waals surface area contributed by atoms with Crippen LogP contribution in [0.15, 0.2) is 46.2 Å². The van der Waals surface area contributed by atoms with E-state index in [1.54, 1.807) is 42.2 Å². The first-order chi connectivity index (χ1) is 12.1. The van der Waals surface area contributed by atoms with Crippen LogP contribution in [0.1, 0.15) is 10.4 Å². The molecule has 0 aliphatic heterocycles. The fourth-order valence-corrected chi connectivity index (χ4v) is 3.09. The Morgan fingerprint density at radius 2 is 2.08 bits per heavy atom. The fraction of sp³-hybridized carbons (Fsp3) is 0.235. The van der Waals surface area contributed by atoms with Crippen molar-refractivity contribution in [3.63, 3.8) is 0 Å². The van der Waals surface area contributed by atoms with E-state index in [1.165, 1.54) is 18.9 Å². The number of rotatable bonds is 7. The van der Waals surface area contributed by atoms with Crippen molar-refractivity contribution < 1.29 is 18.7 Å². The van der Waals surface area contributed by atoms with E-state index in [4.69, 9.17) is 13.9 Å². The Bertz CT molecular complexity index is 874. The molecule has 0 atom stereocenters. The van der Waals surface area contributed by atoms with Gasteiger partial charge in [0.15, 0.2) is 22.5 Å². The lowest BCUT2D eigenvalue weighted by Gasteiger charge is -2.09. The van der Waals surface area contributed by atoms with Crippen molar-refractivity contribution in [1.29, 1.82) is 0 Å². The molecule has 0 radical (unpaired) electrons. The zero-order valence-electron chi connectivity index (χ0n) is 14.1. The number of aromatic nitrogens is 3. The minimum Gasteiger partial charge on any atom is -0.497 e. The average molecular weight is 359 g/mol. The van der Waals surface area contributed by atoms with Crippen LogP contribution in [0.5, 0.6) is 11.5 Å². The highest BCUT2D eigenvalue weighted by atomic mass is 32.2. The van der Waals surface area contributed by atoms with E-state index < -0.39 is 0 Å². The van der Waals surface area contributed by atoms with Gasteiger partial charge in [0.05, 0.1) is 31.8 Å². The number of nitrogens with zero attached hydrogens (tertiary/aromatic N) is 3. The van der Waals surface area contributed by atoms with Crippen LogP contribution in [-0.4, -0.2) is 40.5 Å². The lowest BCUT2D eigenvalue weighted by Crippen LogP contribution is -2.06. The van der Waals surface area contributed by atoms with Crippen molar-refractivity contribution in [2.75, 3.05) is 20.0 Å². The monoisotopic (exact) mass is 359 g/mol. The number of hydrogen-bond donors (Lipinski definition) is 0. The Morgan fingerprint density at radius 3 is 2.76 bits per heavy atom. The summed E-state index contributed by atoms with van der Waals surface area (Å²) in [6.07, 6.45) is 1.58. The normalized spacial score (nSPS) is 10.7. The zero-order valence-corrected chi connectivity index (χ0v) is 14.9. The average Bonchev–Trinajstić information content (AvgIpc) is 3.28. The molecule has 7 nitrogen and oxygen atoms in total. The summed E-state index contributed by atoms with van der Waals surface area (Å²) in [6, 6.07) is 8.72. The van der Waals surface area contributed by atoms with Crippen molar-refractivity contribution in [3.05, 3.63) is 42.2 Å². The van der Waals surface area contributed by atoms with E-state index in [-0.39, 0.29) is 11.5 Å². The summed E-state index contributed by atoms with van der Waals surface area (Å²) in [5.41, 5.74) is 0.504. The van der Waals surface area contributed by atoms with Gasteiger partial charge in [-0.3, -0.25) is 4.79 Å². The molecule has 2 aromatic heterocycles. The lowest BCUT2D eigenvalue weighted by atomic mass is 10.1. The number of hydrogen-bond acceptors (Lipinski definition) is 7.